The summed E-state index contributed by atoms with van der Waals surface area (Å²) < 4.78 is 2.21. The van der Waals surface area contributed by atoms with Crippen molar-refractivity contribution in [2.45, 2.75) is 24.7 Å². The molecule has 7 rings (SSSR count). The van der Waals surface area contributed by atoms with E-state index in [2.05, 4.69) is 145 Å². The Morgan fingerprint density at radius 1 is 0.619 bits per heavy atom. The van der Waals surface area contributed by atoms with E-state index in [-0.39, 0.29) is 0 Å². The molecular weight excluding hydrogens is 680 g/mol. The predicted molar refractivity (Wildman–Crippen MR) is 189 cm³/mol. The molecule has 2 heterocycles. The normalized spacial score (nSPS) is 15.0. The zero-order valence-electron chi connectivity index (χ0n) is 23.5. The Morgan fingerprint density at radius 2 is 1.05 bits per heavy atom. The highest BCUT2D eigenvalue weighted by Crippen LogP contribution is 2.65. The SMILES string of the molecule is C=CC(=C)C1(C(=C)C=C)c2cc3c(cc2-c2sc(Br)cc21)C(c1ccc(C)cc1)(c1ccc(C)cc1)c1cc(Br)sc1-3. The Kier molecular flexibility index (Phi) is 6.45. The molecule has 0 amide bonds. The second-order valence-electron chi connectivity index (χ2n) is 11.2. The number of halogens is 2. The summed E-state index contributed by atoms with van der Waals surface area (Å²) in [5, 5.41) is 0. The predicted octanol–water partition coefficient (Wildman–Crippen LogP) is 12.1. The monoisotopic (exact) mass is 706 g/mol. The minimum absolute atomic E-state index is 0.464. The maximum Gasteiger partial charge on any atom is 0.0722 e. The van der Waals surface area contributed by atoms with E-state index < -0.39 is 10.8 Å². The highest BCUT2D eigenvalue weighted by atomic mass is 79.9. The molecule has 0 nitrogen and oxygen atoms in total. The molecule has 0 radical (unpaired) electrons. The van der Waals surface area contributed by atoms with Crippen molar-refractivity contribution in [1.29, 1.82) is 0 Å². The fourth-order valence-electron chi connectivity index (χ4n) is 7.17. The maximum atomic E-state index is 4.54. The third-order valence-electron chi connectivity index (χ3n) is 9.09. The van der Waals surface area contributed by atoms with Crippen LogP contribution in [0.1, 0.15) is 44.5 Å². The number of thiophene rings is 2. The minimum atomic E-state index is -0.626. The first-order chi connectivity index (χ1) is 20.2. The summed E-state index contributed by atoms with van der Waals surface area (Å²) in [7, 11) is 0. The molecule has 0 aliphatic heterocycles. The van der Waals surface area contributed by atoms with Gasteiger partial charge in [-0.1, -0.05) is 98.1 Å². The minimum Gasteiger partial charge on any atom is -0.128 e. The fourth-order valence-corrected chi connectivity index (χ4v) is 10.5. The Bertz CT molecular complexity index is 1910. The zero-order chi connectivity index (χ0) is 29.6. The van der Waals surface area contributed by atoms with Crippen LogP contribution in [0, 0.1) is 13.8 Å². The second kappa shape index (κ2) is 9.75. The number of allylic oxidation sites excluding steroid dienone is 4. The van der Waals surface area contributed by atoms with E-state index in [0.717, 1.165) is 18.7 Å². The van der Waals surface area contributed by atoms with Crippen molar-refractivity contribution in [3.05, 3.63) is 174 Å². The van der Waals surface area contributed by atoms with Crippen LogP contribution in [-0.4, -0.2) is 0 Å². The third-order valence-corrected chi connectivity index (χ3v) is 12.4. The summed E-state index contributed by atoms with van der Waals surface area (Å²) in [5.74, 6) is 0. The lowest BCUT2D eigenvalue weighted by Gasteiger charge is -2.35. The summed E-state index contributed by atoms with van der Waals surface area (Å²) >= 11 is 11.2. The first-order valence-corrected chi connectivity index (χ1v) is 17.0. The molecule has 5 aromatic rings. The van der Waals surface area contributed by atoms with Gasteiger partial charge in [-0.15, -0.1) is 22.7 Å². The molecule has 3 aromatic carbocycles. The third kappa shape index (κ3) is 3.50. The van der Waals surface area contributed by atoms with Crippen LogP contribution in [0.3, 0.4) is 0 Å². The Labute approximate surface area is 272 Å². The van der Waals surface area contributed by atoms with E-state index >= 15 is 0 Å². The smallest absolute Gasteiger partial charge is 0.0722 e. The van der Waals surface area contributed by atoms with Crippen LogP contribution in [0.15, 0.2) is 130 Å². The van der Waals surface area contributed by atoms with E-state index in [4.69, 9.17) is 0 Å². The Balaban J connectivity index is 1.66. The molecule has 42 heavy (non-hydrogen) atoms. The molecule has 0 atom stereocenters. The quantitative estimate of drug-likeness (QED) is 0.151. The summed E-state index contributed by atoms with van der Waals surface area (Å²) in [4.78, 5) is 2.53. The van der Waals surface area contributed by atoms with Crippen molar-refractivity contribution >= 4 is 54.5 Å². The van der Waals surface area contributed by atoms with Crippen LogP contribution in [0.2, 0.25) is 0 Å². The van der Waals surface area contributed by atoms with Gasteiger partial charge in [0.15, 0.2) is 0 Å². The maximum absolute atomic E-state index is 4.54. The molecule has 0 saturated carbocycles. The summed E-state index contributed by atoms with van der Waals surface area (Å²) in [5.41, 5.74) is 13.3. The van der Waals surface area contributed by atoms with Gasteiger partial charge in [0.2, 0.25) is 0 Å². The van der Waals surface area contributed by atoms with E-state index in [1.54, 1.807) is 22.7 Å². The first-order valence-electron chi connectivity index (χ1n) is 13.7. The van der Waals surface area contributed by atoms with Gasteiger partial charge in [-0.05, 0) is 126 Å². The number of rotatable bonds is 6. The van der Waals surface area contributed by atoms with Gasteiger partial charge in [0.1, 0.15) is 0 Å². The number of hydrogen-bond acceptors (Lipinski definition) is 2. The van der Waals surface area contributed by atoms with Gasteiger partial charge in [-0.2, -0.15) is 0 Å². The van der Waals surface area contributed by atoms with Crippen molar-refractivity contribution in [2.75, 3.05) is 0 Å². The van der Waals surface area contributed by atoms with Gasteiger partial charge >= 0.3 is 0 Å². The second-order valence-corrected chi connectivity index (χ2v) is 16.1. The van der Waals surface area contributed by atoms with Gasteiger partial charge in [-0.25, -0.2) is 0 Å². The van der Waals surface area contributed by atoms with Gasteiger partial charge in [0.05, 0.1) is 18.4 Å². The van der Waals surface area contributed by atoms with Crippen molar-refractivity contribution in [1.82, 2.24) is 0 Å². The summed E-state index contributed by atoms with van der Waals surface area (Å²) in [6, 6.07) is 27.6. The van der Waals surface area contributed by atoms with Crippen LogP contribution < -0.4 is 0 Å². The number of aryl methyl sites for hydroxylation is 2. The topological polar surface area (TPSA) is 0 Å². The van der Waals surface area contributed by atoms with Gasteiger partial charge < -0.3 is 0 Å². The Morgan fingerprint density at radius 3 is 1.55 bits per heavy atom. The molecule has 2 aromatic heterocycles. The van der Waals surface area contributed by atoms with E-state index in [1.165, 1.54) is 65.4 Å². The van der Waals surface area contributed by atoms with Crippen LogP contribution >= 0.6 is 54.5 Å². The fraction of sp³-hybridized carbons (Fsp3) is 0.105. The molecule has 206 valence electrons. The van der Waals surface area contributed by atoms with Gasteiger partial charge in [0.25, 0.3) is 0 Å². The zero-order valence-corrected chi connectivity index (χ0v) is 28.3. The lowest BCUT2D eigenvalue weighted by molar-refractivity contribution is 0.761. The molecule has 0 unspecified atom stereocenters. The molecule has 2 aliphatic carbocycles. The van der Waals surface area contributed by atoms with Crippen molar-refractivity contribution in [3.8, 4) is 20.9 Å². The molecule has 0 N–H and O–H groups in total. The number of benzene rings is 3. The van der Waals surface area contributed by atoms with Crippen LogP contribution in [0.5, 0.6) is 0 Å². The Hall–Kier alpha value is -3.02. The molecule has 0 bridgehead atoms. The van der Waals surface area contributed by atoms with Crippen molar-refractivity contribution in [2.24, 2.45) is 0 Å². The lowest BCUT2D eigenvalue weighted by atomic mass is 9.66. The van der Waals surface area contributed by atoms with Crippen molar-refractivity contribution in [3.63, 3.8) is 0 Å². The highest BCUT2D eigenvalue weighted by molar-refractivity contribution is 9.11. The molecule has 0 saturated heterocycles. The molecule has 2 aliphatic rings. The molecule has 0 spiro atoms. The summed E-state index contributed by atoms with van der Waals surface area (Å²) in [6.45, 7) is 21.7. The highest BCUT2D eigenvalue weighted by Gasteiger charge is 2.52. The number of fused-ring (bicyclic) bond motifs is 6. The van der Waals surface area contributed by atoms with Gasteiger partial charge in [0, 0.05) is 9.75 Å². The van der Waals surface area contributed by atoms with E-state index in [0.29, 0.717) is 0 Å². The first kappa shape index (κ1) is 27.8. The average Bonchev–Trinajstić information content (AvgIpc) is 3.69. The average molecular weight is 709 g/mol. The lowest BCUT2D eigenvalue weighted by Crippen LogP contribution is -2.29. The summed E-state index contributed by atoms with van der Waals surface area (Å²) in [6.07, 6.45) is 3.75. The van der Waals surface area contributed by atoms with E-state index in [1.807, 2.05) is 12.2 Å². The van der Waals surface area contributed by atoms with Crippen LogP contribution in [-0.2, 0) is 10.8 Å². The van der Waals surface area contributed by atoms with E-state index in [9.17, 15) is 0 Å². The van der Waals surface area contributed by atoms with Crippen LogP contribution in [0.25, 0.3) is 20.9 Å². The standard InChI is InChI=1S/C38H28Br2S2/c1-7-23(5)37(24(6)8-2)29-17-28-30(18-27(29)35-31(37)19-33(39)41-35)38(25-13-9-21(3)10-14-25,26-15-11-22(4)12-16-26)32-20-34(40)42-36(28)32/h7-20H,1-2,5-6H2,3-4H3. The van der Waals surface area contributed by atoms with Crippen LogP contribution in [0.4, 0.5) is 0 Å². The molecule has 0 fully saturated rings. The van der Waals surface area contributed by atoms with Gasteiger partial charge in [-0.3, -0.25) is 0 Å². The molecule has 4 heteroatoms. The van der Waals surface area contributed by atoms with Crippen molar-refractivity contribution < 1.29 is 0 Å². The number of hydrogen-bond donors (Lipinski definition) is 0. The largest absolute Gasteiger partial charge is 0.128 e. The molecular formula is C38H28Br2S2.